The zero-order valence-corrected chi connectivity index (χ0v) is 19.4. The van der Waals surface area contributed by atoms with Gasteiger partial charge in [-0.05, 0) is 51.0 Å². The molecule has 0 radical (unpaired) electrons. The Hall–Kier alpha value is -2.51. The Labute approximate surface area is 186 Å². The number of ether oxygens (including phenoxy) is 1. The molecule has 31 heavy (non-hydrogen) atoms. The SMILES string of the molecule is Cc1c(C(=O)OCc2ccccc2)sc2nc(C(C)C)n(C3CCN(C)CC3)c(=O)c12. The van der Waals surface area contributed by atoms with Gasteiger partial charge in [0.25, 0.3) is 5.56 Å². The molecule has 1 aliphatic rings. The summed E-state index contributed by atoms with van der Waals surface area (Å²) in [4.78, 5) is 34.7. The molecule has 1 saturated heterocycles. The average Bonchev–Trinajstić information content (AvgIpc) is 3.10. The number of esters is 1. The number of carbonyl (C=O) groups excluding carboxylic acids is 1. The van der Waals surface area contributed by atoms with Crippen molar-refractivity contribution in [1.82, 2.24) is 14.5 Å². The third kappa shape index (κ3) is 4.29. The first-order valence-corrected chi connectivity index (χ1v) is 11.6. The van der Waals surface area contributed by atoms with Gasteiger partial charge >= 0.3 is 5.97 Å². The van der Waals surface area contributed by atoms with Gasteiger partial charge in [0.05, 0.1) is 5.39 Å². The molecule has 4 rings (SSSR count). The monoisotopic (exact) mass is 439 g/mol. The Morgan fingerprint density at radius 2 is 1.90 bits per heavy atom. The van der Waals surface area contributed by atoms with Gasteiger partial charge in [0.2, 0.25) is 0 Å². The topological polar surface area (TPSA) is 64.4 Å². The average molecular weight is 440 g/mol. The number of aryl methyl sites for hydroxylation is 1. The van der Waals surface area contributed by atoms with Crippen LogP contribution in [-0.4, -0.2) is 40.6 Å². The van der Waals surface area contributed by atoms with Gasteiger partial charge in [-0.2, -0.15) is 0 Å². The van der Waals surface area contributed by atoms with Crippen LogP contribution in [0.3, 0.4) is 0 Å². The summed E-state index contributed by atoms with van der Waals surface area (Å²) in [5.41, 5.74) is 1.58. The number of aromatic nitrogens is 2. The summed E-state index contributed by atoms with van der Waals surface area (Å²) in [7, 11) is 2.11. The van der Waals surface area contributed by atoms with Crippen LogP contribution in [0.15, 0.2) is 35.1 Å². The van der Waals surface area contributed by atoms with Crippen molar-refractivity contribution >= 4 is 27.5 Å². The van der Waals surface area contributed by atoms with E-state index in [1.807, 2.05) is 41.8 Å². The van der Waals surface area contributed by atoms with E-state index >= 15 is 0 Å². The van der Waals surface area contributed by atoms with Crippen LogP contribution in [0.2, 0.25) is 0 Å². The van der Waals surface area contributed by atoms with E-state index in [0.29, 0.717) is 20.7 Å². The van der Waals surface area contributed by atoms with E-state index in [2.05, 4.69) is 25.8 Å². The first-order valence-electron chi connectivity index (χ1n) is 10.8. The molecule has 0 saturated carbocycles. The minimum Gasteiger partial charge on any atom is -0.457 e. The van der Waals surface area contributed by atoms with Crippen molar-refractivity contribution < 1.29 is 9.53 Å². The minimum absolute atomic E-state index is 0.0286. The van der Waals surface area contributed by atoms with Crippen LogP contribution < -0.4 is 5.56 Å². The fourth-order valence-corrected chi connectivity index (χ4v) is 5.28. The predicted molar refractivity (Wildman–Crippen MR) is 124 cm³/mol. The lowest BCUT2D eigenvalue weighted by atomic mass is 10.0. The van der Waals surface area contributed by atoms with Crippen molar-refractivity contribution in [1.29, 1.82) is 0 Å². The summed E-state index contributed by atoms with van der Waals surface area (Å²) in [6, 6.07) is 9.73. The molecule has 0 unspecified atom stereocenters. The molecule has 0 bridgehead atoms. The van der Waals surface area contributed by atoms with E-state index in [4.69, 9.17) is 9.72 Å². The van der Waals surface area contributed by atoms with Gasteiger partial charge < -0.3 is 9.64 Å². The van der Waals surface area contributed by atoms with Gasteiger partial charge in [-0.25, -0.2) is 9.78 Å². The number of rotatable bonds is 5. The van der Waals surface area contributed by atoms with Crippen LogP contribution in [0.25, 0.3) is 10.2 Å². The summed E-state index contributed by atoms with van der Waals surface area (Å²) in [6.45, 7) is 8.09. The fourth-order valence-electron chi connectivity index (χ4n) is 4.21. The third-order valence-electron chi connectivity index (χ3n) is 5.99. The van der Waals surface area contributed by atoms with Crippen molar-refractivity contribution in [2.75, 3.05) is 20.1 Å². The van der Waals surface area contributed by atoms with Crippen LogP contribution in [0, 0.1) is 6.92 Å². The van der Waals surface area contributed by atoms with E-state index in [1.165, 1.54) is 11.3 Å². The highest BCUT2D eigenvalue weighted by atomic mass is 32.1. The van der Waals surface area contributed by atoms with Gasteiger partial charge in [-0.1, -0.05) is 44.2 Å². The highest BCUT2D eigenvalue weighted by Crippen LogP contribution is 2.32. The van der Waals surface area contributed by atoms with Crippen molar-refractivity contribution in [2.24, 2.45) is 0 Å². The second kappa shape index (κ2) is 8.93. The number of hydrogen-bond donors (Lipinski definition) is 0. The summed E-state index contributed by atoms with van der Waals surface area (Å²) < 4.78 is 7.43. The Morgan fingerprint density at radius 1 is 1.23 bits per heavy atom. The van der Waals surface area contributed by atoms with Gasteiger partial charge in [-0.3, -0.25) is 9.36 Å². The quantitative estimate of drug-likeness (QED) is 0.547. The van der Waals surface area contributed by atoms with Crippen LogP contribution in [0.1, 0.15) is 65.3 Å². The number of piperidine rings is 1. The lowest BCUT2D eigenvalue weighted by molar-refractivity contribution is 0.0478. The van der Waals surface area contributed by atoms with Crippen LogP contribution in [0.4, 0.5) is 0 Å². The summed E-state index contributed by atoms with van der Waals surface area (Å²) >= 11 is 1.26. The zero-order chi connectivity index (χ0) is 22.1. The Morgan fingerprint density at radius 3 is 2.55 bits per heavy atom. The molecule has 6 nitrogen and oxygen atoms in total. The number of thiophene rings is 1. The van der Waals surface area contributed by atoms with Gasteiger partial charge in [0.1, 0.15) is 22.1 Å². The first kappa shape index (κ1) is 21.7. The minimum atomic E-state index is -0.402. The molecule has 1 fully saturated rings. The molecule has 1 aromatic carbocycles. The molecule has 7 heteroatoms. The predicted octanol–water partition coefficient (Wildman–Crippen LogP) is 4.51. The number of nitrogens with zero attached hydrogens (tertiary/aromatic N) is 3. The van der Waals surface area contributed by atoms with Gasteiger partial charge in [0.15, 0.2) is 0 Å². The van der Waals surface area contributed by atoms with Crippen LogP contribution in [-0.2, 0) is 11.3 Å². The normalized spacial score (nSPS) is 15.6. The molecular weight excluding hydrogens is 410 g/mol. The Kier molecular flexibility index (Phi) is 6.25. The number of carbonyl (C=O) groups is 1. The largest absolute Gasteiger partial charge is 0.457 e. The first-order chi connectivity index (χ1) is 14.9. The van der Waals surface area contributed by atoms with E-state index in [-0.39, 0.29) is 24.1 Å². The van der Waals surface area contributed by atoms with E-state index in [0.717, 1.165) is 37.3 Å². The second-order valence-electron chi connectivity index (χ2n) is 8.63. The lowest BCUT2D eigenvalue weighted by Gasteiger charge is -2.32. The maximum absolute atomic E-state index is 13.6. The fraction of sp³-hybridized carbons (Fsp3) is 0.458. The smallest absolute Gasteiger partial charge is 0.349 e. The molecule has 0 amide bonds. The molecule has 0 atom stereocenters. The van der Waals surface area contributed by atoms with Crippen molar-refractivity contribution in [3.8, 4) is 0 Å². The highest BCUT2D eigenvalue weighted by Gasteiger charge is 2.27. The summed E-state index contributed by atoms with van der Waals surface area (Å²) in [6.07, 6.45) is 1.86. The van der Waals surface area contributed by atoms with Crippen LogP contribution in [0.5, 0.6) is 0 Å². The number of hydrogen-bond acceptors (Lipinski definition) is 6. The van der Waals surface area contributed by atoms with Crippen molar-refractivity contribution in [2.45, 2.75) is 52.2 Å². The van der Waals surface area contributed by atoms with Gasteiger partial charge in [0, 0.05) is 12.0 Å². The zero-order valence-electron chi connectivity index (χ0n) is 18.6. The molecule has 164 valence electrons. The van der Waals surface area contributed by atoms with Crippen molar-refractivity contribution in [3.63, 3.8) is 0 Å². The standard InChI is InChI=1S/C24H29N3O3S/c1-15(2)21-25-22-19(23(28)27(21)18-10-12-26(4)13-11-18)16(3)20(31-22)24(29)30-14-17-8-6-5-7-9-17/h5-9,15,18H,10-14H2,1-4H3. The Bertz CT molecular complexity index is 1140. The molecule has 1 aliphatic heterocycles. The summed E-state index contributed by atoms with van der Waals surface area (Å²) in [5, 5.41) is 0.556. The van der Waals surface area contributed by atoms with Gasteiger partial charge in [-0.15, -0.1) is 11.3 Å². The number of fused-ring (bicyclic) bond motifs is 1. The van der Waals surface area contributed by atoms with E-state index in [1.54, 1.807) is 0 Å². The molecule has 0 aliphatic carbocycles. The molecular formula is C24H29N3O3S. The third-order valence-corrected chi connectivity index (χ3v) is 7.16. The van der Waals surface area contributed by atoms with Crippen LogP contribution >= 0.6 is 11.3 Å². The maximum atomic E-state index is 13.6. The molecule has 0 spiro atoms. The number of benzene rings is 1. The number of likely N-dealkylation sites (tertiary alicyclic amines) is 1. The van der Waals surface area contributed by atoms with E-state index in [9.17, 15) is 9.59 Å². The van der Waals surface area contributed by atoms with E-state index < -0.39 is 5.97 Å². The lowest BCUT2D eigenvalue weighted by Crippen LogP contribution is -2.37. The molecule has 3 aromatic rings. The molecule has 0 N–H and O–H groups in total. The maximum Gasteiger partial charge on any atom is 0.349 e. The molecule has 3 heterocycles. The second-order valence-corrected chi connectivity index (χ2v) is 9.63. The highest BCUT2D eigenvalue weighted by molar-refractivity contribution is 7.20. The van der Waals surface area contributed by atoms with Crippen molar-refractivity contribution in [3.05, 3.63) is 62.5 Å². The molecule has 2 aromatic heterocycles. The summed E-state index contributed by atoms with van der Waals surface area (Å²) in [5.74, 6) is 0.519. The Balaban J connectivity index is 1.72.